The number of fused-ring (bicyclic) bond motifs is 1. The van der Waals surface area contributed by atoms with Gasteiger partial charge in [-0.05, 0) is 40.6 Å². The van der Waals surface area contributed by atoms with Crippen LogP contribution in [0, 0.1) is 0 Å². The summed E-state index contributed by atoms with van der Waals surface area (Å²) < 4.78 is 5.21. The molecule has 0 aliphatic rings. The fourth-order valence-corrected chi connectivity index (χ4v) is 3.03. The summed E-state index contributed by atoms with van der Waals surface area (Å²) in [6.45, 7) is 0.185. The predicted octanol–water partition coefficient (Wildman–Crippen LogP) is 4.40. The molecule has 1 N–H and O–H groups in total. The molecule has 1 aromatic heterocycles. The van der Waals surface area contributed by atoms with Gasteiger partial charge in [-0.25, -0.2) is 0 Å². The van der Waals surface area contributed by atoms with Crippen molar-refractivity contribution in [2.24, 2.45) is 0 Å². The van der Waals surface area contributed by atoms with Crippen LogP contribution in [-0.4, -0.2) is 16.0 Å². The van der Waals surface area contributed by atoms with Crippen molar-refractivity contribution < 1.29 is 9.32 Å². The summed E-state index contributed by atoms with van der Waals surface area (Å²) in [4.78, 5) is 16.6. The Morgan fingerprint density at radius 3 is 2.63 bits per heavy atom. The molecule has 0 bridgehead atoms. The van der Waals surface area contributed by atoms with Crippen LogP contribution in [0.4, 0.5) is 0 Å². The van der Waals surface area contributed by atoms with E-state index in [1.807, 2.05) is 54.6 Å². The lowest BCUT2D eigenvalue weighted by molar-refractivity contribution is -0.120. The van der Waals surface area contributed by atoms with Crippen LogP contribution >= 0.6 is 11.6 Å². The van der Waals surface area contributed by atoms with Gasteiger partial charge in [-0.3, -0.25) is 4.79 Å². The van der Waals surface area contributed by atoms with Crippen LogP contribution in [0.1, 0.15) is 11.5 Å². The van der Waals surface area contributed by atoms with Gasteiger partial charge in [0.25, 0.3) is 0 Å². The molecular formula is C21H16ClN3O2. The van der Waals surface area contributed by atoms with Crippen LogP contribution < -0.4 is 5.32 Å². The van der Waals surface area contributed by atoms with E-state index < -0.39 is 0 Å². The summed E-state index contributed by atoms with van der Waals surface area (Å²) in [5.74, 6) is 0.716. The Balaban J connectivity index is 1.40. The van der Waals surface area contributed by atoms with E-state index in [0.717, 1.165) is 21.9 Å². The monoisotopic (exact) mass is 377 g/mol. The molecule has 6 heteroatoms. The van der Waals surface area contributed by atoms with Gasteiger partial charge < -0.3 is 9.84 Å². The lowest BCUT2D eigenvalue weighted by Crippen LogP contribution is -2.24. The molecule has 0 atom stereocenters. The lowest BCUT2D eigenvalue weighted by Gasteiger charge is -2.06. The molecule has 0 aliphatic heterocycles. The first-order valence-electron chi connectivity index (χ1n) is 8.51. The summed E-state index contributed by atoms with van der Waals surface area (Å²) >= 11 is 5.88. The Morgan fingerprint density at radius 1 is 1.00 bits per heavy atom. The zero-order valence-corrected chi connectivity index (χ0v) is 15.1. The van der Waals surface area contributed by atoms with Crippen molar-refractivity contribution in [1.29, 1.82) is 0 Å². The second kappa shape index (κ2) is 7.60. The number of hydrogen-bond donors (Lipinski definition) is 1. The van der Waals surface area contributed by atoms with Crippen LogP contribution in [0.5, 0.6) is 0 Å². The van der Waals surface area contributed by atoms with E-state index in [-0.39, 0.29) is 12.5 Å². The predicted molar refractivity (Wildman–Crippen MR) is 104 cm³/mol. The summed E-state index contributed by atoms with van der Waals surface area (Å²) in [7, 11) is 0. The first-order valence-corrected chi connectivity index (χ1v) is 8.89. The largest absolute Gasteiger partial charge is 0.347 e. The molecule has 4 aromatic rings. The highest BCUT2D eigenvalue weighted by Crippen LogP contribution is 2.20. The van der Waals surface area contributed by atoms with Gasteiger partial charge in [-0.15, -0.1) is 0 Å². The standard InChI is InChI=1S/C21H16ClN3O2/c22-17-10-8-15(9-11-17)21-24-20(27-25-21)13-23-19(26)12-16-6-3-5-14-4-1-2-7-18(14)16/h1-11H,12-13H2,(H,23,26). The van der Waals surface area contributed by atoms with E-state index >= 15 is 0 Å². The summed E-state index contributed by atoms with van der Waals surface area (Å²) in [6.07, 6.45) is 0.291. The van der Waals surface area contributed by atoms with Crippen LogP contribution in [0.2, 0.25) is 5.02 Å². The number of rotatable bonds is 5. The average Bonchev–Trinajstić information content (AvgIpc) is 3.16. The van der Waals surface area contributed by atoms with Gasteiger partial charge >= 0.3 is 0 Å². The van der Waals surface area contributed by atoms with Crippen LogP contribution in [-0.2, 0) is 17.8 Å². The van der Waals surface area contributed by atoms with E-state index in [1.54, 1.807) is 12.1 Å². The molecule has 1 heterocycles. The van der Waals surface area contributed by atoms with Crippen LogP contribution in [0.3, 0.4) is 0 Å². The SMILES string of the molecule is O=C(Cc1cccc2ccccc12)NCc1nc(-c2ccc(Cl)cc2)no1. The van der Waals surface area contributed by atoms with Crippen molar-refractivity contribution in [1.82, 2.24) is 15.5 Å². The number of hydrogen-bond acceptors (Lipinski definition) is 4. The van der Waals surface area contributed by atoms with E-state index in [1.165, 1.54) is 0 Å². The molecule has 4 rings (SSSR count). The number of nitrogens with zero attached hydrogens (tertiary/aromatic N) is 2. The minimum atomic E-state index is -0.0994. The molecule has 0 spiro atoms. The molecule has 3 aromatic carbocycles. The molecule has 0 saturated heterocycles. The average molecular weight is 378 g/mol. The Morgan fingerprint density at radius 2 is 1.78 bits per heavy atom. The van der Waals surface area contributed by atoms with Gasteiger partial charge in [0, 0.05) is 10.6 Å². The highest BCUT2D eigenvalue weighted by atomic mass is 35.5. The number of benzene rings is 3. The Bertz CT molecular complexity index is 1080. The number of halogens is 1. The number of amides is 1. The fraction of sp³-hybridized carbons (Fsp3) is 0.0952. The maximum absolute atomic E-state index is 12.3. The third-order valence-electron chi connectivity index (χ3n) is 4.24. The van der Waals surface area contributed by atoms with Crippen molar-refractivity contribution in [3.05, 3.63) is 83.2 Å². The van der Waals surface area contributed by atoms with Gasteiger partial charge in [0.15, 0.2) is 0 Å². The fourth-order valence-electron chi connectivity index (χ4n) is 2.90. The molecule has 1 amide bonds. The molecule has 134 valence electrons. The number of aromatic nitrogens is 2. The molecule has 0 fully saturated rings. The van der Waals surface area contributed by atoms with Crippen molar-refractivity contribution in [2.45, 2.75) is 13.0 Å². The summed E-state index contributed by atoms with van der Waals surface area (Å²) in [5, 5.41) is 9.61. The molecule has 0 radical (unpaired) electrons. The van der Waals surface area contributed by atoms with Crippen molar-refractivity contribution >= 4 is 28.3 Å². The Kier molecular flexibility index (Phi) is 4.85. The van der Waals surface area contributed by atoms with Crippen molar-refractivity contribution in [3.63, 3.8) is 0 Å². The normalized spacial score (nSPS) is 10.9. The topological polar surface area (TPSA) is 68.0 Å². The third kappa shape index (κ3) is 3.99. The highest BCUT2D eigenvalue weighted by Gasteiger charge is 2.11. The molecule has 0 unspecified atom stereocenters. The van der Waals surface area contributed by atoms with Crippen LogP contribution in [0.25, 0.3) is 22.2 Å². The minimum absolute atomic E-state index is 0.0994. The van der Waals surface area contributed by atoms with E-state index in [9.17, 15) is 4.79 Å². The zero-order valence-electron chi connectivity index (χ0n) is 14.4. The van der Waals surface area contributed by atoms with Gasteiger partial charge in [0.05, 0.1) is 13.0 Å². The smallest absolute Gasteiger partial charge is 0.246 e. The first-order chi connectivity index (χ1) is 13.2. The van der Waals surface area contributed by atoms with Gasteiger partial charge in [-0.2, -0.15) is 4.98 Å². The summed E-state index contributed by atoms with van der Waals surface area (Å²) in [6, 6.07) is 21.1. The second-order valence-corrected chi connectivity index (χ2v) is 6.55. The molecule has 0 saturated carbocycles. The minimum Gasteiger partial charge on any atom is -0.347 e. The Labute approximate surface area is 161 Å². The lowest BCUT2D eigenvalue weighted by atomic mass is 10.0. The third-order valence-corrected chi connectivity index (χ3v) is 4.49. The molecule has 27 heavy (non-hydrogen) atoms. The number of nitrogens with one attached hydrogen (secondary N) is 1. The zero-order chi connectivity index (χ0) is 18.6. The maximum Gasteiger partial charge on any atom is 0.246 e. The molecule has 5 nitrogen and oxygen atoms in total. The molecular weight excluding hydrogens is 362 g/mol. The maximum atomic E-state index is 12.3. The number of carbonyl (C=O) groups excluding carboxylic acids is 1. The first kappa shape index (κ1) is 17.2. The molecule has 0 aliphatic carbocycles. The van der Waals surface area contributed by atoms with E-state index in [4.69, 9.17) is 16.1 Å². The summed E-state index contributed by atoms with van der Waals surface area (Å²) in [5.41, 5.74) is 1.79. The van der Waals surface area contributed by atoms with Gasteiger partial charge in [0.2, 0.25) is 17.6 Å². The Hall–Kier alpha value is -3.18. The van der Waals surface area contributed by atoms with E-state index in [0.29, 0.717) is 23.2 Å². The quantitative estimate of drug-likeness (QED) is 0.559. The van der Waals surface area contributed by atoms with Crippen LogP contribution in [0.15, 0.2) is 71.3 Å². The number of carbonyl (C=O) groups is 1. The highest BCUT2D eigenvalue weighted by molar-refractivity contribution is 6.30. The van der Waals surface area contributed by atoms with Crippen molar-refractivity contribution in [2.75, 3.05) is 0 Å². The van der Waals surface area contributed by atoms with Crippen molar-refractivity contribution in [3.8, 4) is 11.4 Å². The van der Waals surface area contributed by atoms with E-state index in [2.05, 4.69) is 15.5 Å². The van der Waals surface area contributed by atoms with Gasteiger partial charge in [0.1, 0.15) is 0 Å². The van der Waals surface area contributed by atoms with Gasteiger partial charge in [-0.1, -0.05) is 59.2 Å². The second-order valence-electron chi connectivity index (χ2n) is 6.11.